The highest BCUT2D eigenvalue weighted by molar-refractivity contribution is 7.13. The van der Waals surface area contributed by atoms with Crippen LogP contribution in [0.2, 0.25) is 0 Å². The molecule has 1 aliphatic carbocycles. The standard InChI is InChI=1S/C12H13N3O2.C2H8NP/c16-9-7-8(13-1-2-13)12(17)11(15-5-6-15)10(9)14-3-4-14;1-3(2)4/h7H,1-6H2;4H2,1-2H3. The van der Waals surface area contributed by atoms with Crippen LogP contribution in [0.5, 0.6) is 0 Å². The Labute approximate surface area is 127 Å². The zero-order valence-electron chi connectivity index (χ0n) is 12.5. The molecule has 7 heteroatoms. The highest BCUT2D eigenvalue weighted by Crippen LogP contribution is 2.33. The molecule has 6 nitrogen and oxygen atoms in total. The lowest BCUT2D eigenvalue weighted by Gasteiger charge is -2.21. The second-order valence-electron chi connectivity index (χ2n) is 5.84. The average molecular weight is 308 g/mol. The number of carbonyl (C=O) groups excluding carboxylic acids is 2. The molecule has 0 saturated carbocycles. The largest absolute Gasteiger partial charge is 0.365 e. The zero-order valence-corrected chi connectivity index (χ0v) is 13.7. The first-order valence-electron chi connectivity index (χ1n) is 7.21. The summed E-state index contributed by atoms with van der Waals surface area (Å²) >= 11 is 0. The number of carbonyl (C=O) groups is 2. The van der Waals surface area contributed by atoms with Gasteiger partial charge in [0, 0.05) is 45.3 Å². The molecule has 1 unspecified atom stereocenters. The second-order valence-corrected chi connectivity index (χ2v) is 6.88. The summed E-state index contributed by atoms with van der Waals surface area (Å²) in [6.45, 7) is 5.41. The van der Waals surface area contributed by atoms with Gasteiger partial charge in [0.25, 0.3) is 0 Å². The number of ketones is 2. The lowest BCUT2D eigenvalue weighted by Crippen LogP contribution is -2.29. The number of Topliss-reactive ketones (excluding diaryl/α,β-unsaturated/α-hetero) is 1. The lowest BCUT2D eigenvalue weighted by atomic mass is 10.0. The maximum Gasteiger partial charge on any atom is 0.227 e. The molecule has 0 N–H and O–H groups in total. The summed E-state index contributed by atoms with van der Waals surface area (Å²) in [7, 11) is 6.42. The van der Waals surface area contributed by atoms with Crippen molar-refractivity contribution in [2.24, 2.45) is 0 Å². The van der Waals surface area contributed by atoms with Crippen LogP contribution in [0.1, 0.15) is 0 Å². The lowest BCUT2D eigenvalue weighted by molar-refractivity contribution is -0.117. The molecule has 4 rings (SSSR count). The highest BCUT2D eigenvalue weighted by atomic mass is 31.0. The summed E-state index contributed by atoms with van der Waals surface area (Å²) in [4.78, 5) is 30.5. The third-order valence-corrected chi connectivity index (χ3v) is 3.49. The van der Waals surface area contributed by atoms with Gasteiger partial charge in [0.05, 0.1) is 5.70 Å². The zero-order chi connectivity index (χ0) is 15.1. The molecule has 21 heavy (non-hydrogen) atoms. The molecule has 0 spiro atoms. The summed E-state index contributed by atoms with van der Waals surface area (Å²) in [6.07, 6.45) is 1.52. The van der Waals surface area contributed by atoms with Crippen LogP contribution in [0.25, 0.3) is 0 Å². The number of hydrogen-bond donors (Lipinski definition) is 0. The van der Waals surface area contributed by atoms with Gasteiger partial charge in [0.2, 0.25) is 11.6 Å². The van der Waals surface area contributed by atoms with Gasteiger partial charge in [-0.05, 0) is 14.1 Å². The van der Waals surface area contributed by atoms with Crippen LogP contribution < -0.4 is 0 Å². The van der Waals surface area contributed by atoms with Gasteiger partial charge in [0.15, 0.2) is 0 Å². The number of allylic oxidation sites excluding steroid dienone is 1. The van der Waals surface area contributed by atoms with Gasteiger partial charge in [-0.15, -0.1) is 0 Å². The van der Waals surface area contributed by atoms with Gasteiger partial charge in [-0.2, -0.15) is 0 Å². The van der Waals surface area contributed by atoms with Crippen LogP contribution in [-0.2, 0) is 9.59 Å². The van der Waals surface area contributed by atoms with Crippen molar-refractivity contribution in [2.75, 3.05) is 53.4 Å². The maximum absolute atomic E-state index is 12.4. The van der Waals surface area contributed by atoms with E-state index in [9.17, 15) is 9.59 Å². The van der Waals surface area contributed by atoms with E-state index in [1.54, 1.807) is 0 Å². The Morgan fingerprint density at radius 2 is 1.33 bits per heavy atom. The molecule has 1 atom stereocenters. The van der Waals surface area contributed by atoms with E-state index < -0.39 is 0 Å². The van der Waals surface area contributed by atoms with E-state index in [1.165, 1.54) is 6.08 Å². The fourth-order valence-corrected chi connectivity index (χ4v) is 2.28. The van der Waals surface area contributed by atoms with Crippen molar-refractivity contribution in [3.8, 4) is 0 Å². The minimum atomic E-state index is 0.00546. The molecule has 3 saturated heterocycles. The topological polar surface area (TPSA) is 46.4 Å². The van der Waals surface area contributed by atoms with E-state index >= 15 is 0 Å². The highest BCUT2D eigenvalue weighted by Gasteiger charge is 2.43. The molecular formula is C14H21N4O2P. The summed E-state index contributed by atoms with van der Waals surface area (Å²) in [6, 6.07) is 0. The Morgan fingerprint density at radius 3 is 1.76 bits per heavy atom. The molecule has 0 bridgehead atoms. The van der Waals surface area contributed by atoms with Gasteiger partial charge in [-0.1, -0.05) is 9.39 Å². The monoisotopic (exact) mass is 308 g/mol. The second kappa shape index (κ2) is 5.43. The molecule has 0 aromatic heterocycles. The van der Waals surface area contributed by atoms with Crippen LogP contribution in [0.4, 0.5) is 0 Å². The van der Waals surface area contributed by atoms with Crippen molar-refractivity contribution in [1.82, 2.24) is 19.4 Å². The van der Waals surface area contributed by atoms with Crippen molar-refractivity contribution in [1.29, 1.82) is 0 Å². The first-order chi connectivity index (χ1) is 9.99. The van der Waals surface area contributed by atoms with E-state index in [0.717, 1.165) is 39.3 Å². The summed E-state index contributed by atoms with van der Waals surface area (Å²) in [5.74, 6) is 0.0485. The Kier molecular flexibility index (Phi) is 3.76. The Morgan fingerprint density at radius 1 is 0.905 bits per heavy atom. The quantitative estimate of drug-likeness (QED) is 0.399. The van der Waals surface area contributed by atoms with Crippen molar-refractivity contribution in [3.05, 3.63) is 23.2 Å². The van der Waals surface area contributed by atoms with Gasteiger partial charge in [-0.3, -0.25) is 14.3 Å². The Bertz CT molecular complexity index is 540. The van der Waals surface area contributed by atoms with E-state index in [2.05, 4.69) is 9.39 Å². The van der Waals surface area contributed by atoms with Crippen molar-refractivity contribution >= 4 is 21.0 Å². The van der Waals surface area contributed by atoms with E-state index in [4.69, 9.17) is 0 Å². The first-order valence-corrected chi connectivity index (χ1v) is 7.72. The van der Waals surface area contributed by atoms with Crippen molar-refractivity contribution in [3.63, 3.8) is 0 Å². The predicted molar refractivity (Wildman–Crippen MR) is 83.2 cm³/mol. The molecule has 0 aromatic rings. The summed E-state index contributed by atoms with van der Waals surface area (Å²) in [5.41, 5.74) is 1.89. The Hall–Kier alpha value is -1.39. The molecular weight excluding hydrogens is 287 g/mol. The van der Waals surface area contributed by atoms with Crippen molar-refractivity contribution < 1.29 is 9.59 Å². The van der Waals surface area contributed by atoms with E-state index in [1.807, 2.05) is 33.5 Å². The summed E-state index contributed by atoms with van der Waals surface area (Å²) < 4.78 is 1.92. The number of hydrogen-bond acceptors (Lipinski definition) is 6. The SMILES string of the molecule is CN(C)P.O=C1C=C(N2CC2)C(=O)C(N2CC2)=C1N1CC1. The number of rotatable bonds is 3. The smallest absolute Gasteiger partial charge is 0.227 e. The van der Waals surface area contributed by atoms with Gasteiger partial charge in [0.1, 0.15) is 11.4 Å². The Balaban J connectivity index is 0.000000298. The van der Waals surface area contributed by atoms with Crippen LogP contribution in [0.3, 0.4) is 0 Å². The van der Waals surface area contributed by atoms with E-state index in [-0.39, 0.29) is 11.6 Å². The normalized spacial score (nSPS) is 23.2. The molecule has 0 amide bonds. The molecule has 4 aliphatic rings. The number of nitrogens with zero attached hydrogens (tertiary/aromatic N) is 4. The van der Waals surface area contributed by atoms with Crippen LogP contribution in [0, 0.1) is 0 Å². The third-order valence-electron chi connectivity index (χ3n) is 3.49. The first kappa shape index (κ1) is 14.5. The predicted octanol–water partition coefficient (Wildman–Crippen LogP) is -0.481. The molecule has 114 valence electrons. The summed E-state index contributed by atoms with van der Waals surface area (Å²) in [5, 5.41) is 0. The fourth-order valence-electron chi connectivity index (χ4n) is 2.28. The molecule has 3 fully saturated rings. The fraction of sp³-hybridized carbons (Fsp3) is 0.571. The third kappa shape index (κ3) is 3.27. The molecule has 0 aromatic carbocycles. The van der Waals surface area contributed by atoms with Crippen LogP contribution in [-0.4, -0.2) is 84.3 Å². The molecule has 3 heterocycles. The van der Waals surface area contributed by atoms with Crippen LogP contribution >= 0.6 is 9.39 Å². The molecule has 3 aliphatic heterocycles. The van der Waals surface area contributed by atoms with Gasteiger partial charge < -0.3 is 14.7 Å². The van der Waals surface area contributed by atoms with Gasteiger partial charge >= 0.3 is 0 Å². The minimum Gasteiger partial charge on any atom is -0.365 e. The van der Waals surface area contributed by atoms with Crippen LogP contribution in [0.15, 0.2) is 23.2 Å². The van der Waals surface area contributed by atoms with Crippen molar-refractivity contribution in [2.45, 2.75) is 0 Å². The molecule has 0 radical (unpaired) electrons. The maximum atomic E-state index is 12.4. The van der Waals surface area contributed by atoms with Gasteiger partial charge in [-0.25, -0.2) is 0 Å². The average Bonchev–Trinajstić information content (AvgIpc) is 3.26. The minimum absolute atomic E-state index is 0.00546. The van der Waals surface area contributed by atoms with E-state index in [0.29, 0.717) is 17.1 Å².